The third-order valence-electron chi connectivity index (χ3n) is 10.0. The van der Waals surface area contributed by atoms with Gasteiger partial charge in [0.1, 0.15) is 0 Å². The van der Waals surface area contributed by atoms with E-state index < -0.39 is 0 Å². The second-order valence-corrected chi connectivity index (χ2v) is 14.3. The van der Waals surface area contributed by atoms with Crippen LogP contribution >= 0.6 is 11.8 Å². The number of aryl methyl sites for hydroxylation is 1. The minimum atomic E-state index is -0.0843. The molecule has 3 heterocycles. The number of anilines is 5. The van der Waals surface area contributed by atoms with Gasteiger partial charge in [0, 0.05) is 33.1 Å². The van der Waals surface area contributed by atoms with Crippen molar-refractivity contribution in [1.29, 1.82) is 0 Å². The molecular formula is C43H35N3S. The maximum absolute atomic E-state index is 4.88. The molecule has 0 N–H and O–H groups in total. The molecule has 47 heavy (non-hydrogen) atoms. The summed E-state index contributed by atoms with van der Waals surface area (Å²) in [5.41, 5.74) is 15.1. The van der Waals surface area contributed by atoms with Crippen molar-refractivity contribution in [1.82, 2.24) is 4.98 Å². The minimum Gasteiger partial charge on any atom is -0.341 e. The van der Waals surface area contributed by atoms with E-state index in [4.69, 9.17) is 4.98 Å². The molecule has 6 aromatic rings. The normalized spacial score (nSPS) is 15.5. The predicted molar refractivity (Wildman–Crippen MR) is 198 cm³/mol. The molecule has 3 nitrogen and oxygen atoms in total. The Morgan fingerprint density at radius 2 is 1.32 bits per heavy atom. The zero-order chi connectivity index (χ0) is 31.5. The fraction of sp³-hybridized carbons (Fsp3) is 0.140. The number of hydrogen-bond acceptors (Lipinski definition) is 4. The quantitative estimate of drug-likeness (QED) is 0.194. The Labute approximate surface area is 281 Å². The first-order valence-electron chi connectivity index (χ1n) is 16.5. The molecule has 228 valence electrons. The number of benzene rings is 5. The summed E-state index contributed by atoms with van der Waals surface area (Å²) in [4.78, 5) is 12.2. The van der Waals surface area contributed by atoms with Crippen molar-refractivity contribution in [3.63, 3.8) is 0 Å². The molecule has 5 aromatic carbocycles. The van der Waals surface area contributed by atoms with Gasteiger partial charge in [0.15, 0.2) is 0 Å². The summed E-state index contributed by atoms with van der Waals surface area (Å²) in [5, 5.41) is 0. The molecule has 0 amide bonds. The second-order valence-electron chi connectivity index (χ2n) is 13.2. The summed E-state index contributed by atoms with van der Waals surface area (Å²) in [5.74, 6) is 0. The van der Waals surface area contributed by atoms with Crippen molar-refractivity contribution in [3.8, 4) is 11.1 Å². The highest BCUT2D eigenvalue weighted by molar-refractivity contribution is 7.99. The van der Waals surface area contributed by atoms with Crippen molar-refractivity contribution >= 4 is 52.4 Å². The summed E-state index contributed by atoms with van der Waals surface area (Å²) in [6, 6.07) is 44.4. The van der Waals surface area contributed by atoms with Crippen LogP contribution in [-0.4, -0.2) is 11.5 Å². The number of hydrogen-bond donors (Lipinski definition) is 0. The average Bonchev–Trinajstić information content (AvgIpc) is 3.34. The van der Waals surface area contributed by atoms with Crippen LogP contribution < -0.4 is 9.80 Å². The third-order valence-corrected chi connectivity index (χ3v) is 11.1. The van der Waals surface area contributed by atoms with Gasteiger partial charge >= 0.3 is 0 Å². The molecule has 0 fully saturated rings. The molecule has 0 atom stereocenters. The summed E-state index contributed by atoms with van der Waals surface area (Å²) >= 11 is 1.82. The van der Waals surface area contributed by atoms with Gasteiger partial charge in [-0.1, -0.05) is 98.4 Å². The highest BCUT2D eigenvalue weighted by atomic mass is 32.2. The summed E-state index contributed by atoms with van der Waals surface area (Å²) in [7, 11) is 0. The highest BCUT2D eigenvalue weighted by Gasteiger charge is 2.36. The van der Waals surface area contributed by atoms with E-state index in [0.717, 1.165) is 24.3 Å². The Kier molecular flexibility index (Phi) is 6.62. The van der Waals surface area contributed by atoms with Crippen molar-refractivity contribution in [2.45, 2.75) is 41.9 Å². The second kappa shape index (κ2) is 11.0. The first-order chi connectivity index (χ1) is 23.0. The summed E-state index contributed by atoms with van der Waals surface area (Å²) in [6.45, 7) is 5.80. The van der Waals surface area contributed by atoms with E-state index in [1.165, 1.54) is 72.3 Å². The van der Waals surface area contributed by atoms with Crippen LogP contribution in [0.25, 0.3) is 23.3 Å². The average molecular weight is 626 g/mol. The van der Waals surface area contributed by atoms with Crippen LogP contribution in [0.4, 0.5) is 28.4 Å². The maximum atomic E-state index is 4.88. The Morgan fingerprint density at radius 1 is 0.660 bits per heavy atom. The van der Waals surface area contributed by atoms with E-state index in [-0.39, 0.29) is 5.41 Å². The number of fused-ring (bicyclic) bond motifs is 6. The van der Waals surface area contributed by atoms with Crippen LogP contribution in [0.15, 0.2) is 137 Å². The molecule has 0 saturated heterocycles. The van der Waals surface area contributed by atoms with Gasteiger partial charge in [-0.3, -0.25) is 4.98 Å². The van der Waals surface area contributed by atoms with Gasteiger partial charge in [-0.05, 0) is 107 Å². The van der Waals surface area contributed by atoms with Crippen LogP contribution in [0.5, 0.6) is 0 Å². The SMILES string of the molecule is CC1(C)c2cc(C=Cc3ccc(N4c5ccccc5Sc5ccccc54)cn3)ccc2-c2ccc(N3CCCc4ccccc43)cc21. The molecule has 9 rings (SSSR count). The van der Waals surface area contributed by atoms with Gasteiger partial charge in [-0.25, -0.2) is 0 Å². The molecule has 1 aromatic heterocycles. The van der Waals surface area contributed by atoms with Crippen molar-refractivity contribution in [3.05, 3.63) is 155 Å². The van der Waals surface area contributed by atoms with Crippen molar-refractivity contribution < 1.29 is 0 Å². The standard InChI is InChI=1S/C43H35N3S/c1-43(2)36-26-29(18-23-34(36)35-24-22-32(27-37(35)43)45-25-9-11-30-10-3-4-12-38(30)45)17-19-31-20-21-33(28-44-31)46-39-13-5-7-15-41(39)47-42-16-8-6-14-40(42)46/h3-8,10,12-24,26-28H,9,11,25H2,1-2H3. The van der Waals surface area contributed by atoms with Gasteiger partial charge in [0.25, 0.3) is 0 Å². The smallest absolute Gasteiger partial charge is 0.0646 e. The minimum absolute atomic E-state index is 0.0843. The topological polar surface area (TPSA) is 19.4 Å². The molecule has 4 heteroatoms. The van der Waals surface area contributed by atoms with E-state index in [9.17, 15) is 0 Å². The molecule has 2 aliphatic heterocycles. The lowest BCUT2D eigenvalue weighted by atomic mass is 9.81. The van der Waals surface area contributed by atoms with Crippen LogP contribution in [0.3, 0.4) is 0 Å². The fourth-order valence-corrected chi connectivity index (χ4v) is 8.67. The first-order valence-corrected chi connectivity index (χ1v) is 17.3. The van der Waals surface area contributed by atoms with Gasteiger partial charge in [-0.15, -0.1) is 0 Å². The van der Waals surface area contributed by atoms with E-state index in [2.05, 4.69) is 157 Å². The van der Waals surface area contributed by atoms with E-state index in [1.807, 2.05) is 18.0 Å². The number of nitrogens with zero attached hydrogens (tertiary/aromatic N) is 3. The van der Waals surface area contributed by atoms with Gasteiger partial charge < -0.3 is 9.80 Å². The Bertz CT molecular complexity index is 2150. The molecule has 0 spiro atoms. The van der Waals surface area contributed by atoms with Crippen molar-refractivity contribution in [2.75, 3.05) is 16.3 Å². The van der Waals surface area contributed by atoms with E-state index in [1.54, 1.807) is 0 Å². The monoisotopic (exact) mass is 625 g/mol. The molecule has 0 radical (unpaired) electrons. The molecule has 0 saturated carbocycles. The number of pyridine rings is 1. The molecule has 3 aliphatic rings. The lowest BCUT2D eigenvalue weighted by Gasteiger charge is -2.32. The molecule has 0 bridgehead atoms. The van der Waals surface area contributed by atoms with Crippen LogP contribution in [0, 0.1) is 0 Å². The molecular weight excluding hydrogens is 591 g/mol. The zero-order valence-corrected chi connectivity index (χ0v) is 27.5. The van der Waals surface area contributed by atoms with Crippen LogP contribution in [0.2, 0.25) is 0 Å². The summed E-state index contributed by atoms with van der Waals surface area (Å²) < 4.78 is 0. The number of rotatable bonds is 4. The maximum Gasteiger partial charge on any atom is 0.0646 e. The summed E-state index contributed by atoms with van der Waals surface area (Å²) in [6.07, 6.45) is 8.65. The third kappa shape index (κ3) is 4.70. The Balaban J connectivity index is 0.987. The van der Waals surface area contributed by atoms with Crippen LogP contribution in [0.1, 0.15) is 48.2 Å². The lowest BCUT2D eigenvalue weighted by molar-refractivity contribution is 0.659. The van der Waals surface area contributed by atoms with Crippen molar-refractivity contribution in [2.24, 2.45) is 0 Å². The molecule has 0 unspecified atom stereocenters. The Hall–Kier alpha value is -5.06. The number of aromatic nitrogens is 1. The van der Waals surface area contributed by atoms with Gasteiger partial charge in [0.05, 0.1) is 29.0 Å². The lowest BCUT2D eigenvalue weighted by Crippen LogP contribution is -2.25. The predicted octanol–water partition coefficient (Wildman–Crippen LogP) is 11.6. The van der Waals surface area contributed by atoms with E-state index >= 15 is 0 Å². The van der Waals surface area contributed by atoms with E-state index in [0.29, 0.717) is 0 Å². The highest BCUT2D eigenvalue weighted by Crippen LogP contribution is 2.52. The zero-order valence-electron chi connectivity index (χ0n) is 26.7. The largest absolute Gasteiger partial charge is 0.341 e. The Morgan fingerprint density at radius 3 is 2.06 bits per heavy atom. The molecule has 1 aliphatic carbocycles. The first kappa shape index (κ1) is 28.2. The van der Waals surface area contributed by atoms with Gasteiger partial charge in [0.2, 0.25) is 0 Å². The van der Waals surface area contributed by atoms with Gasteiger partial charge in [-0.2, -0.15) is 0 Å². The van der Waals surface area contributed by atoms with Crippen LogP contribution in [-0.2, 0) is 11.8 Å². The number of para-hydroxylation sites is 3. The fourth-order valence-electron chi connectivity index (χ4n) is 7.61.